The molecule has 0 radical (unpaired) electrons. The molecule has 45 heavy (non-hydrogen) atoms. The molecule has 16 heteroatoms. The number of amidine groups is 1. The van der Waals surface area contributed by atoms with Crippen LogP contribution in [0.5, 0.6) is 0 Å². The summed E-state index contributed by atoms with van der Waals surface area (Å²) in [5.74, 6) is -4.42. The Morgan fingerprint density at radius 1 is 1.04 bits per heavy atom. The molecule has 1 aliphatic heterocycles. The maximum absolute atomic E-state index is 14.0. The number of aliphatic carboxylic acids is 1. The molecule has 1 unspecified atom stereocenters. The van der Waals surface area contributed by atoms with Crippen LogP contribution in [0.3, 0.4) is 0 Å². The molecular formula is C29H32F3N5O6S2. The van der Waals surface area contributed by atoms with Crippen LogP contribution in [0.4, 0.5) is 13.2 Å². The standard InChI is InChI=1S/C27H31N5O4S2.C2HF3O2/c1-38(35,36)32-24(22(17-9-4-2-5-10-17)18-11-6-3-7-12-18)27(34)31-23(25(33)20-13-8-14-30-20)19-15-21(26(28)29)37-16-19;3-2(4,5)1(6)7/h2-7,9-12,15-16,20,22-24,30,32H,8,13-14H2,1H3,(H3,28,29)(H,31,34);(H,6,7)/t20-,23?,24+;/m0./s1. The SMILES string of the molecule is CS(=O)(=O)N[C@@H](C(=O)NC(C(=O)[C@@H]1CCCN1)c1csc(C(=N)N)c1)C(c1ccccc1)c1ccccc1.O=C(O)C(F)(F)F. The van der Waals surface area contributed by atoms with Crippen LogP contribution >= 0.6 is 11.3 Å². The van der Waals surface area contributed by atoms with Crippen molar-refractivity contribution in [1.29, 1.82) is 5.41 Å². The van der Waals surface area contributed by atoms with E-state index in [9.17, 15) is 31.2 Å². The van der Waals surface area contributed by atoms with E-state index in [0.717, 1.165) is 23.8 Å². The smallest absolute Gasteiger partial charge is 0.475 e. The lowest BCUT2D eigenvalue weighted by Gasteiger charge is -2.30. The van der Waals surface area contributed by atoms with E-state index in [1.165, 1.54) is 11.3 Å². The summed E-state index contributed by atoms with van der Waals surface area (Å²) in [7, 11) is -3.82. The number of benzene rings is 2. The van der Waals surface area contributed by atoms with Crippen molar-refractivity contribution < 1.29 is 41.1 Å². The second kappa shape index (κ2) is 15.2. The molecule has 4 rings (SSSR count). The Hall–Kier alpha value is -4.12. The van der Waals surface area contributed by atoms with Crippen LogP contribution in [0.2, 0.25) is 0 Å². The van der Waals surface area contributed by atoms with E-state index >= 15 is 0 Å². The number of hydrogen-bond donors (Lipinski definition) is 6. The summed E-state index contributed by atoms with van der Waals surface area (Å²) in [5.41, 5.74) is 7.63. The van der Waals surface area contributed by atoms with Crippen molar-refractivity contribution in [2.45, 2.75) is 43.1 Å². The molecule has 3 aromatic rings. The van der Waals surface area contributed by atoms with Crippen LogP contribution in [0, 0.1) is 5.41 Å². The quantitative estimate of drug-likeness (QED) is 0.133. The summed E-state index contributed by atoms with van der Waals surface area (Å²) >= 11 is 1.21. The predicted octanol–water partition coefficient (Wildman–Crippen LogP) is 2.89. The van der Waals surface area contributed by atoms with Crippen LogP contribution in [0.25, 0.3) is 0 Å². The first-order chi connectivity index (χ1) is 21.1. The number of sulfonamides is 1. The fourth-order valence-electron chi connectivity index (χ4n) is 4.72. The molecule has 0 aliphatic carbocycles. The molecule has 2 heterocycles. The number of rotatable bonds is 11. The molecule has 1 saturated heterocycles. The minimum atomic E-state index is -5.08. The fourth-order valence-corrected chi connectivity index (χ4v) is 6.23. The van der Waals surface area contributed by atoms with E-state index in [4.69, 9.17) is 21.0 Å². The van der Waals surface area contributed by atoms with Gasteiger partial charge < -0.3 is 21.5 Å². The van der Waals surface area contributed by atoms with Crippen molar-refractivity contribution >= 4 is 44.9 Å². The van der Waals surface area contributed by atoms with E-state index in [1.807, 2.05) is 60.7 Å². The number of carboxylic acids is 1. The Bertz CT molecular complexity index is 1560. The molecule has 1 aliphatic rings. The number of amides is 1. The summed E-state index contributed by atoms with van der Waals surface area (Å²) in [6.07, 6.45) is -2.61. The van der Waals surface area contributed by atoms with Gasteiger partial charge in [-0.2, -0.15) is 13.2 Å². The number of carbonyl (C=O) groups is 3. The lowest BCUT2D eigenvalue weighted by atomic mass is 9.84. The summed E-state index contributed by atoms with van der Waals surface area (Å²) in [6, 6.07) is 17.2. The zero-order valence-electron chi connectivity index (χ0n) is 23.9. The zero-order valence-corrected chi connectivity index (χ0v) is 25.5. The Balaban J connectivity index is 0.000000707. The van der Waals surface area contributed by atoms with Gasteiger partial charge in [-0.25, -0.2) is 17.9 Å². The number of nitrogens with two attached hydrogens (primary N) is 1. The number of hydrogen-bond acceptors (Lipinski definition) is 8. The Morgan fingerprint density at radius 2 is 1.58 bits per heavy atom. The molecule has 11 nitrogen and oxygen atoms in total. The fraction of sp³-hybridized carbons (Fsp3) is 0.310. The molecule has 1 aromatic heterocycles. The number of ketones is 1. The Kier molecular flexibility index (Phi) is 12.0. The molecule has 2 aromatic carbocycles. The molecule has 1 fully saturated rings. The maximum Gasteiger partial charge on any atom is 0.490 e. The number of halogens is 3. The number of Topliss-reactive ketones (excluding diaryl/α,β-unsaturated/α-hetero) is 1. The molecule has 0 bridgehead atoms. The molecular weight excluding hydrogens is 635 g/mol. The largest absolute Gasteiger partial charge is 0.490 e. The first-order valence-corrected chi connectivity index (χ1v) is 16.2. The minimum absolute atomic E-state index is 0.136. The van der Waals surface area contributed by atoms with Gasteiger partial charge in [-0.15, -0.1) is 11.3 Å². The van der Waals surface area contributed by atoms with Crippen molar-refractivity contribution in [3.8, 4) is 0 Å². The normalized spacial score (nSPS) is 16.2. The highest BCUT2D eigenvalue weighted by Crippen LogP contribution is 2.30. The van der Waals surface area contributed by atoms with Crippen molar-refractivity contribution in [2.75, 3.05) is 12.8 Å². The second-order valence-electron chi connectivity index (χ2n) is 10.1. The van der Waals surface area contributed by atoms with Gasteiger partial charge in [0.05, 0.1) is 17.2 Å². The zero-order chi connectivity index (χ0) is 33.4. The highest BCUT2D eigenvalue weighted by atomic mass is 32.2. The minimum Gasteiger partial charge on any atom is -0.475 e. The number of nitrogens with one attached hydrogen (secondary N) is 4. The van der Waals surface area contributed by atoms with Crippen molar-refractivity contribution in [2.24, 2.45) is 5.73 Å². The lowest BCUT2D eigenvalue weighted by molar-refractivity contribution is -0.192. The van der Waals surface area contributed by atoms with Gasteiger partial charge in [0.1, 0.15) is 17.9 Å². The van der Waals surface area contributed by atoms with E-state index in [2.05, 4.69) is 15.4 Å². The van der Waals surface area contributed by atoms with Gasteiger partial charge in [0, 0.05) is 5.92 Å². The molecule has 1 amide bonds. The van der Waals surface area contributed by atoms with Gasteiger partial charge in [0.15, 0.2) is 5.78 Å². The highest BCUT2D eigenvalue weighted by molar-refractivity contribution is 7.88. The van der Waals surface area contributed by atoms with Gasteiger partial charge in [-0.1, -0.05) is 60.7 Å². The van der Waals surface area contributed by atoms with Crippen LogP contribution in [-0.2, 0) is 24.4 Å². The van der Waals surface area contributed by atoms with Crippen molar-refractivity contribution in [3.05, 3.63) is 93.7 Å². The number of thiophene rings is 1. The maximum atomic E-state index is 14.0. The molecule has 0 saturated carbocycles. The average molecular weight is 668 g/mol. The third-order valence-corrected chi connectivity index (χ3v) is 8.37. The van der Waals surface area contributed by atoms with E-state index in [0.29, 0.717) is 23.4 Å². The van der Waals surface area contributed by atoms with E-state index in [1.54, 1.807) is 11.4 Å². The second-order valence-corrected chi connectivity index (χ2v) is 12.8. The lowest BCUT2D eigenvalue weighted by Crippen LogP contribution is -2.52. The van der Waals surface area contributed by atoms with Crippen LogP contribution in [0.15, 0.2) is 72.1 Å². The summed E-state index contributed by atoms with van der Waals surface area (Å²) in [6.45, 7) is 0.696. The van der Waals surface area contributed by atoms with Crippen molar-refractivity contribution in [3.63, 3.8) is 0 Å². The van der Waals surface area contributed by atoms with E-state index < -0.39 is 52.1 Å². The average Bonchev–Trinajstić information content (AvgIpc) is 3.69. The predicted molar refractivity (Wildman–Crippen MR) is 162 cm³/mol. The van der Waals surface area contributed by atoms with Gasteiger partial charge in [0.2, 0.25) is 15.9 Å². The monoisotopic (exact) mass is 667 g/mol. The van der Waals surface area contributed by atoms with Gasteiger partial charge in [0.25, 0.3) is 0 Å². The van der Waals surface area contributed by atoms with Crippen LogP contribution in [0.1, 0.15) is 46.4 Å². The van der Waals surface area contributed by atoms with Crippen LogP contribution < -0.4 is 21.1 Å². The first-order valence-electron chi connectivity index (χ1n) is 13.5. The van der Waals surface area contributed by atoms with Gasteiger partial charge >= 0.3 is 12.1 Å². The topological polar surface area (TPSA) is 192 Å². The van der Waals surface area contributed by atoms with Crippen LogP contribution in [-0.4, -0.2) is 68.1 Å². The van der Waals surface area contributed by atoms with E-state index in [-0.39, 0.29) is 11.6 Å². The molecule has 242 valence electrons. The summed E-state index contributed by atoms with van der Waals surface area (Å²) in [4.78, 5) is 36.9. The molecule has 7 N–H and O–H groups in total. The third-order valence-electron chi connectivity index (χ3n) is 6.71. The Labute approximate surface area is 261 Å². The highest BCUT2D eigenvalue weighted by Gasteiger charge is 2.39. The molecule has 0 spiro atoms. The number of carboxylic acid groups (broad SMARTS) is 1. The first kappa shape index (κ1) is 35.4. The summed E-state index contributed by atoms with van der Waals surface area (Å²) < 4.78 is 59.2. The van der Waals surface area contributed by atoms with Gasteiger partial charge in [-0.05, 0) is 47.5 Å². The number of alkyl halides is 3. The Morgan fingerprint density at radius 3 is 1.98 bits per heavy atom. The molecule has 3 atom stereocenters. The van der Waals surface area contributed by atoms with Gasteiger partial charge in [-0.3, -0.25) is 15.0 Å². The van der Waals surface area contributed by atoms with Crippen molar-refractivity contribution in [1.82, 2.24) is 15.4 Å². The third kappa shape index (κ3) is 10.2. The number of carbonyl (C=O) groups excluding carboxylic acids is 2. The summed E-state index contributed by atoms with van der Waals surface area (Å²) in [5, 5.41) is 22.6. The number of nitrogen functional groups attached to an aromatic ring is 1.